The Kier molecular flexibility index (Phi) is 4.83. The van der Waals surface area contributed by atoms with Crippen molar-refractivity contribution in [1.82, 2.24) is 9.80 Å². The van der Waals surface area contributed by atoms with E-state index in [9.17, 15) is 0 Å². The van der Waals surface area contributed by atoms with E-state index in [-0.39, 0.29) is 0 Å². The zero-order valence-electron chi connectivity index (χ0n) is 11.6. The summed E-state index contributed by atoms with van der Waals surface area (Å²) < 4.78 is 0. The summed E-state index contributed by atoms with van der Waals surface area (Å²) >= 11 is 0. The summed E-state index contributed by atoms with van der Waals surface area (Å²) in [7, 11) is 4.48. The molecule has 17 heavy (non-hydrogen) atoms. The van der Waals surface area contributed by atoms with Gasteiger partial charge in [0, 0.05) is 0 Å². The fraction of sp³-hybridized carbons (Fsp3) is 1.00. The lowest BCUT2D eigenvalue weighted by molar-refractivity contribution is 0.0972. The van der Waals surface area contributed by atoms with Crippen LogP contribution in [0.5, 0.6) is 0 Å². The highest BCUT2D eigenvalue weighted by molar-refractivity contribution is 4.84. The van der Waals surface area contributed by atoms with Crippen molar-refractivity contribution in [3.63, 3.8) is 0 Å². The molecule has 2 aliphatic rings. The van der Waals surface area contributed by atoms with Crippen LogP contribution < -0.4 is 5.73 Å². The number of piperidine rings is 2. The Bertz CT molecular complexity index is 194. The molecule has 0 amide bonds. The Balaban J connectivity index is 1.87. The quantitative estimate of drug-likeness (QED) is 0.804. The first-order valence-electron chi connectivity index (χ1n) is 7.28. The van der Waals surface area contributed by atoms with Crippen LogP contribution in [0, 0.1) is 17.8 Å². The van der Waals surface area contributed by atoms with Crippen molar-refractivity contribution in [1.29, 1.82) is 0 Å². The smallest absolute Gasteiger partial charge is 0.00190 e. The lowest BCUT2D eigenvalue weighted by Gasteiger charge is -2.40. The molecule has 2 rings (SSSR count). The molecule has 0 aromatic rings. The van der Waals surface area contributed by atoms with Crippen LogP contribution in [-0.4, -0.2) is 56.6 Å². The summed E-state index contributed by atoms with van der Waals surface area (Å²) in [5, 5.41) is 0. The molecule has 2 N–H and O–H groups in total. The highest BCUT2D eigenvalue weighted by atomic mass is 15.1. The fourth-order valence-electron chi connectivity index (χ4n) is 3.68. The maximum absolute atomic E-state index is 6.08. The Morgan fingerprint density at radius 1 is 0.882 bits per heavy atom. The van der Waals surface area contributed by atoms with Crippen molar-refractivity contribution in [2.75, 3.05) is 46.8 Å². The minimum Gasteiger partial charge on any atom is -0.330 e. The minimum atomic E-state index is 0.789. The van der Waals surface area contributed by atoms with Crippen molar-refractivity contribution in [3.8, 4) is 0 Å². The molecule has 0 spiro atoms. The molecule has 0 unspecified atom stereocenters. The lowest BCUT2D eigenvalue weighted by atomic mass is 9.73. The van der Waals surface area contributed by atoms with E-state index in [1.807, 2.05) is 0 Å². The number of hydrogen-bond donors (Lipinski definition) is 1. The highest BCUT2D eigenvalue weighted by Gasteiger charge is 2.31. The van der Waals surface area contributed by atoms with Crippen LogP contribution in [0.25, 0.3) is 0 Å². The van der Waals surface area contributed by atoms with Crippen molar-refractivity contribution < 1.29 is 0 Å². The first-order chi connectivity index (χ1) is 8.20. The van der Waals surface area contributed by atoms with Gasteiger partial charge in [-0.05, 0) is 90.3 Å². The van der Waals surface area contributed by atoms with Crippen molar-refractivity contribution in [2.24, 2.45) is 23.5 Å². The Hall–Kier alpha value is -0.120. The molecule has 0 saturated carbocycles. The van der Waals surface area contributed by atoms with Gasteiger partial charge < -0.3 is 15.5 Å². The first kappa shape index (κ1) is 13.3. The zero-order valence-corrected chi connectivity index (χ0v) is 11.6. The minimum absolute atomic E-state index is 0.789. The summed E-state index contributed by atoms with van der Waals surface area (Å²) in [6, 6.07) is 0. The van der Waals surface area contributed by atoms with Crippen LogP contribution >= 0.6 is 0 Å². The molecule has 3 nitrogen and oxygen atoms in total. The number of rotatable bonds is 3. The maximum atomic E-state index is 6.08. The Morgan fingerprint density at radius 2 is 1.24 bits per heavy atom. The fourth-order valence-corrected chi connectivity index (χ4v) is 3.68. The van der Waals surface area contributed by atoms with E-state index in [1.165, 1.54) is 51.9 Å². The van der Waals surface area contributed by atoms with Gasteiger partial charge in [0.15, 0.2) is 0 Å². The van der Waals surface area contributed by atoms with Gasteiger partial charge in [0.25, 0.3) is 0 Å². The average molecular weight is 239 g/mol. The monoisotopic (exact) mass is 239 g/mol. The Morgan fingerprint density at radius 3 is 1.53 bits per heavy atom. The summed E-state index contributed by atoms with van der Waals surface area (Å²) in [5.74, 6) is 2.58. The molecule has 2 heterocycles. The molecule has 2 fully saturated rings. The molecule has 0 aromatic heterocycles. The van der Waals surface area contributed by atoms with Gasteiger partial charge in [-0.3, -0.25) is 0 Å². The van der Waals surface area contributed by atoms with E-state index in [0.29, 0.717) is 0 Å². The second kappa shape index (κ2) is 6.17. The number of nitrogens with two attached hydrogens (primary N) is 1. The van der Waals surface area contributed by atoms with E-state index in [0.717, 1.165) is 24.3 Å². The van der Waals surface area contributed by atoms with Crippen molar-refractivity contribution in [3.05, 3.63) is 0 Å². The maximum Gasteiger partial charge on any atom is -0.00190 e. The summed E-state index contributed by atoms with van der Waals surface area (Å²) in [5.41, 5.74) is 6.08. The predicted octanol–water partition coefficient (Wildman–Crippen LogP) is 1.24. The molecule has 0 radical (unpaired) electrons. The molecule has 3 heteroatoms. The standard InChI is InChI=1S/C14H29N3/c1-16-7-3-12(4-8-16)14(11-15)13-5-9-17(2)10-6-13/h12-14H,3-11,15H2,1-2H3. The third-order valence-corrected chi connectivity index (χ3v) is 5.01. The predicted molar refractivity (Wildman–Crippen MR) is 73.0 cm³/mol. The normalized spacial score (nSPS) is 26.8. The Labute approximate surface area is 106 Å². The second-order valence-corrected chi connectivity index (χ2v) is 6.18. The topological polar surface area (TPSA) is 32.5 Å². The summed E-state index contributed by atoms with van der Waals surface area (Å²) in [6.45, 7) is 5.99. The second-order valence-electron chi connectivity index (χ2n) is 6.18. The van der Waals surface area contributed by atoms with Crippen LogP contribution in [-0.2, 0) is 0 Å². The van der Waals surface area contributed by atoms with Gasteiger partial charge in [-0.25, -0.2) is 0 Å². The lowest BCUT2D eigenvalue weighted by Crippen LogP contribution is -2.42. The van der Waals surface area contributed by atoms with E-state index < -0.39 is 0 Å². The molecule has 0 aromatic carbocycles. The highest BCUT2D eigenvalue weighted by Crippen LogP contribution is 2.34. The molecule has 2 saturated heterocycles. The summed E-state index contributed by atoms with van der Waals surface area (Å²) in [6.07, 6.45) is 5.46. The molecular weight excluding hydrogens is 210 g/mol. The third kappa shape index (κ3) is 3.43. The average Bonchev–Trinajstić information content (AvgIpc) is 2.35. The van der Waals surface area contributed by atoms with E-state index in [1.54, 1.807) is 0 Å². The van der Waals surface area contributed by atoms with Crippen LogP contribution in [0.15, 0.2) is 0 Å². The molecule has 100 valence electrons. The van der Waals surface area contributed by atoms with Gasteiger partial charge in [0.1, 0.15) is 0 Å². The summed E-state index contributed by atoms with van der Waals surface area (Å²) in [4.78, 5) is 4.91. The number of hydrogen-bond acceptors (Lipinski definition) is 3. The van der Waals surface area contributed by atoms with Crippen LogP contribution in [0.4, 0.5) is 0 Å². The number of nitrogens with zero attached hydrogens (tertiary/aromatic N) is 2. The molecule has 0 bridgehead atoms. The molecule has 2 aliphatic heterocycles. The molecule has 0 atom stereocenters. The van der Waals surface area contributed by atoms with Gasteiger partial charge in [0.05, 0.1) is 0 Å². The van der Waals surface area contributed by atoms with E-state index in [2.05, 4.69) is 23.9 Å². The first-order valence-corrected chi connectivity index (χ1v) is 7.28. The van der Waals surface area contributed by atoms with Crippen molar-refractivity contribution >= 4 is 0 Å². The van der Waals surface area contributed by atoms with Crippen LogP contribution in [0.1, 0.15) is 25.7 Å². The van der Waals surface area contributed by atoms with Crippen LogP contribution in [0.3, 0.4) is 0 Å². The van der Waals surface area contributed by atoms with Crippen LogP contribution in [0.2, 0.25) is 0 Å². The van der Waals surface area contributed by atoms with E-state index in [4.69, 9.17) is 5.73 Å². The van der Waals surface area contributed by atoms with Gasteiger partial charge >= 0.3 is 0 Å². The van der Waals surface area contributed by atoms with Gasteiger partial charge in [-0.1, -0.05) is 0 Å². The largest absolute Gasteiger partial charge is 0.330 e. The zero-order chi connectivity index (χ0) is 12.3. The van der Waals surface area contributed by atoms with Crippen molar-refractivity contribution in [2.45, 2.75) is 25.7 Å². The molecule has 0 aliphatic carbocycles. The van der Waals surface area contributed by atoms with Gasteiger partial charge in [-0.15, -0.1) is 0 Å². The number of likely N-dealkylation sites (tertiary alicyclic amines) is 2. The van der Waals surface area contributed by atoms with E-state index >= 15 is 0 Å². The SMILES string of the molecule is CN1CCC(C(CN)C2CCN(C)CC2)CC1. The molecular formula is C14H29N3. The third-order valence-electron chi connectivity index (χ3n) is 5.01. The van der Waals surface area contributed by atoms with Gasteiger partial charge in [0.2, 0.25) is 0 Å². The van der Waals surface area contributed by atoms with Gasteiger partial charge in [-0.2, -0.15) is 0 Å².